The van der Waals surface area contributed by atoms with Gasteiger partial charge in [-0.25, -0.2) is 4.39 Å². The molecule has 0 bridgehead atoms. The fraction of sp³-hybridized carbons (Fsp3) is 0.450. The molecule has 27 heavy (non-hydrogen) atoms. The summed E-state index contributed by atoms with van der Waals surface area (Å²) < 4.78 is 13.1. The van der Waals surface area contributed by atoms with Crippen LogP contribution in [-0.4, -0.2) is 43.9 Å². The first-order chi connectivity index (χ1) is 13.1. The Bertz CT molecular complexity index is 712. The quantitative estimate of drug-likeness (QED) is 0.541. The molecule has 0 aliphatic carbocycles. The Morgan fingerprint density at radius 3 is 2.48 bits per heavy atom. The molecule has 0 radical (unpaired) electrons. The Morgan fingerprint density at radius 2 is 1.89 bits per heavy atom. The fourth-order valence-electron chi connectivity index (χ4n) is 3.85. The third-order valence-electron chi connectivity index (χ3n) is 5.35. The first-order valence-electron chi connectivity index (χ1n) is 9.61. The number of anilines is 1. The molecule has 2 heterocycles. The van der Waals surface area contributed by atoms with E-state index in [1.165, 1.54) is 49.7 Å². The van der Waals surface area contributed by atoms with Gasteiger partial charge < -0.3 is 20.4 Å². The van der Waals surface area contributed by atoms with Crippen LogP contribution in [0.15, 0.2) is 41.8 Å². The summed E-state index contributed by atoms with van der Waals surface area (Å²) >= 11 is 7.33. The van der Waals surface area contributed by atoms with Crippen molar-refractivity contribution >= 4 is 34.4 Å². The van der Waals surface area contributed by atoms with Gasteiger partial charge in [-0.2, -0.15) is 0 Å². The normalized spacial score (nSPS) is 22.0. The van der Waals surface area contributed by atoms with Gasteiger partial charge in [0.1, 0.15) is 38.0 Å². The maximum Gasteiger partial charge on any atom is 0.171 e. The Labute approximate surface area is 170 Å². The van der Waals surface area contributed by atoms with Crippen LogP contribution in [0.5, 0.6) is 0 Å². The minimum Gasteiger partial charge on any atom is -0.354 e. The van der Waals surface area contributed by atoms with Gasteiger partial charge in [-0.05, 0) is 61.8 Å². The van der Waals surface area contributed by atoms with Crippen LogP contribution in [0.1, 0.15) is 24.8 Å². The number of quaternary nitrogens is 2. The van der Waals surface area contributed by atoms with Crippen molar-refractivity contribution in [1.29, 1.82) is 0 Å². The first-order valence-corrected chi connectivity index (χ1v) is 10.9. The van der Waals surface area contributed by atoms with Crippen molar-refractivity contribution in [3.63, 3.8) is 0 Å². The Balaban J connectivity index is 1.65. The van der Waals surface area contributed by atoms with Gasteiger partial charge in [0.15, 0.2) is 5.11 Å². The van der Waals surface area contributed by atoms with E-state index in [2.05, 4.69) is 42.0 Å². The van der Waals surface area contributed by atoms with Crippen LogP contribution in [0.25, 0.3) is 0 Å². The van der Waals surface area contributed by atoms with Gasteiger partial charge in [-0.1, -0.05) is 6.07 Å². The van der Waals surface area contributed by atoms with Crippen LogP contribution in [0.3, 0.4) is 0 Å². The topological polar surface area (TPSA) is 32.9 Å². The SMILES string of the molecule is CC[NH+]1CC[NH+]([C@H](c2cccs2)[C@H](C)NC(=S)Nc2ccc(F)cc2)CC1. The summed E-state index contributed by atoms with van der Waals surface area (Å²) in [6, 6.07) is 11.2. The van der Waals surface area contributed by atoms with Crippen molar-refractivity contribution in [2.45, 2.75) is 25.9 Å². The van der Waals surface area contributed by atoms with Crippen LogP contribution >= 0.6 is 23.6 Å². The second-order valence-corrected chi connectivity index (χ2v) is 8.54. The Kier molecular flexibility index (Phi) is 7.18. The zero-order chi connectivity index (χ0) is 19.2. The number of nitrogens with one attached hydrogen (secondary N) is 4. The number of hydrogen-bond acceptors (Lipinski definition) is 2. The summed E-state index contributed by atoms with van der Waals surface area (Å²) in [6.45, 7) is 10.5. The van der Waals surface area contributed by atoms with E-state index in [-0.39, 0.29) is 11.9 Å². The molecule has 0 unspecified atom stereocenters. The highest BCUT2D eigenvalue weighted by Gasteiger charge is 2.34. The molecule has 146 valence electrons. The smallest absolute Gasteiger partial charge is 0.171 e. The number of hydrogen-bond donors (Lipinski definition) is 4. The summed E-state index contributed by atoms with van der Waals surface area (Å²) in [5.41, 5.74) is 0.793. The number of rotatable bonds is 6. The van der Waals surface area contributed by atoms with Crippen LogP contribution in [-0.2, 0) is 0 Å². The van der Waals surface area contributed by atoms with Crippen LogP contribution in [0.2, 0.25) is 0 Å². The van der Waals surface area contributed by atoms with E-state index in [4.69, 9.17) is 12.2 Å². The standard InChI is InChI=1S/C20H27FN4S2/c1-3-24-10-12-25(13-11-24)19(18-5-4-14-27-18)15(2)22-20(26)23-17-8-6-16(21)7-9-17/h4-9,14-15,19H,3,10-13H2,1-2H3,(H2,22,23,26)/p+2/t15-,19-/m0/s1. The van der Waals surface area contributed by atoms with E-state index in [9.17, 15) is 4.39 Å². The van der Waals surface area contributed by atoms with E-state index in [0.29, 0.717) is 11.2 Å². The van der Waals surface area contributed by atoms with Crippen LogP contribution < -0.4 is 20.4 Å². The van der Waals surface area contributed by atoms with Gasteiger partial charge in [-0.3, -0.25) is 0 Å². The molecule has 0 spiro atoms. The van der Waals surface area contributed by atoms with Crippen molar-refractivity contribution in [1.82, 2.24) is 5.32 Å². The molecule has 4 N–H and O–H groups in total. The van der Waals surface area contributed by atoms with E-state index < -0.39 is 0 Å². The van der Waals surface area contributed by atoms with Crippen molar-refractivity contribution < 1.29 is 14.2 Å². The number of halogens is 1. The number of thiophene rings is 1. The maximum absolute atomic E-state index is 13.1. The monoisotopic (exact) mass is 408 g/mol. The molecule has 0 amide bonds. The predicted octanol–water partition coefficient (Wildman–Crippen LogP) is 1.11. The first kappa shape index (κ1) is 20.2. The molecule has 4 nitrogen and oxygen atoms in total. The van der Waals surface area contributed by atoms with Crippen molar-refractivity contribution in [3.8, 4) is 0 Å². The van der Waals surface area contributed by atoms with Crippen LogP contribution in [0, 0.1) is 5.82 Å². The maximum atomic E-state index is 13.1. The van der Waals surface area contributed by atoms with Gasteiger partial charge in [-0.15, -0.1) is 11.3 Å². The molecule has 1 fully saturated rings. The number of thiocarbonyl (C=S) groups is 1. The summed E-state index contributed by atoms with van der Waals surface area (Å²) in [5, 5.41) is 9.35. The summed E-state index contributed by atoms with van der Waals surface area (Å²) in [5.74, 6) is -0.248. The highest BCUT2D eigenvalue weighted by Crippen LogP contribution is 2.20. The van der Waals surface area contributed by atoms with Gasteiger partial charge in [0.2, 0.25) is 0 Å². The number of piperazine rings is 1. The Morgan fingerprint density at radius 1 is 1.19 bits per heavy atom. The van der Waals surface area contributed by atoms with Crippen molar-refractivity contribution in [3.05, 3.63) is 52.5 Å². The molecule has 0 saturated carbocycles. The Hall–Kier alpha value is -1.54. The van der Waals surface area contributed by atoms with Gasteiger partial charge >= 0.3 is 0 Å². The third kappa shape index (κ3) is 5.48. The second-order valence-electron chi connectivity index (χ2n) is 7.15. The minimum atomic E-state index is -0.248. The molecule has 1 aliphatic heterocycles. The lowest BCUT2D eigenvalue weighted by molar-refractivity contribution is -1.03. The lowest BCUT2D eigenvalue weighted by Crippen LogP contribution is -3.28. The minimum absolute atomic E-state index is 0.197. The van der Waals surface area contributed by atoms with E-state index in [1.54, 1.807) is 21.9 Å². The zero-order valence-corrected chi connectivity index (χ0v) is 17.6. The molecule has 3 rings (SSSR count). The summed E-state index contributed by atoms with van der Waals surface area (Å²) in [7, 11) is 0. The van der Waals surface area contributed by atoms with Gasteiger partial charge in [0.05, 0.1) is 17.5 Å². The van der Waals surface area contributed by atoms with E-state index in [1.807, 2.05) is 11.3 Å². The molecule has 2 aromatic rings. The highest BCUT2D eigenvalue weighted by atomic mass is 32.1. The largest absolute Gasteiger partial charge is 0.354 e. The summed E-state index contributed by atoms with van der Waals surface area (Å²) in [4.78, 5) is 4.71. The lowest BCUT2D eigenvalue weighted by atomic mass is 10.1. The molecular formula is C20H29FN4S2+2. The predicted molar refractivity (Wildman–Crippen MR) is 114 cm³/mol. The van der Waals surface area contributed by atoms with Crippen molar-refractivity contribution in [2.75, 3.05) is 38.0 Å². The lowest BCUT2D eigenvalue weighted by Gasteiger charge is -2.37. The zero-order valence-electron chi connectivity index (χ0n) is 15.9. The number of likely N-dealkylation sites (N-methyl/N-ethyl adjacent to an activating group) is 1. The average molecular weight is 409 g/mol. The average Bonchev–Trinajstić information content (AvgIpc) is 3.18. The number of benzene rings is 1. The molecule has 1 saturated heterocycles. The molecule has 1 aliphatic rings. The van der Waals surface area contributed by atoms with E-state index >= 15 is 0 Å². The molecule has 1 aromatic carbocycles. The third-order valence-corrected chi connectivity index (χ3v) is 6.53. The molecule has 2 atom stereocenters. The second kappa shape index (κ2) is 9.59. The van der Waals surface area contributed by atoms with Crippen molar-refractivity contribution in [2.24, 2.45) is 0 Å². The summed E-state index contributed by atoms with van der Waals surface area (Å²) in [6.07, 6.45) is 0. The molecule has 7 heteroatoms. The van der Waals surface area contributed by atoms with Gasteiger partial charge in [0, 0.05) is 5.69 Å². The van der Waals surface area contributed by atoms with Gasteiger partial charge in [0.25, 0.3) is 0 Å². The van der Waals surface area contributed by atoms with Crippen LogP contribution in [0.4, 0.5) is 10.1 Å². The highest BCUT2D eigenvalue weighted by molar-refractivity contribution is 7.80. The fourth-order valence-corrected chi connectivity index (χ4v) is 5.14. The molecular weight excluding hydrogens is 379 g/mol. The molecule has 1 aromatic heterocycles. The van der Waals surface area contributed by atoms with E-state index in [0.717, 1.165) is 5.69 Å².